The number of nitrogens with one attached hydrogen (secondary N) is 2. The molecule has 1 aromatic heterocycles. The summed E-state index contributed by atoms with van der Waals surface area (Å²) in [6.07, 6.45) is 7.90. The fraction of sp³-hybridized carbons (Fsp3) is 0.667. The molecule has 1 aliphatic rings. The molecule has 6 heteroatoms. The van der Waals surface area contributed by atoms with Gasteiger partial charge in [0.05, 0.1) is 19.0 Å². The molecule has 1 fully saturated rings. The normalized spacial score (nSPS) is 16.7. The second-order valence-electron chi connectivity index (χ2n) is 4.55. The molecule has 1 aliphatic carbocycles. The highest BCUT2D eigenvalue weighted by Gasteiger charge is 2.13. The van der Waals surface area contributed by atoms with E-state index in [0.29, 0.717) is 25.1 Å². The molecule has 0 bridgehead atoms. The van der Waals surface area contributed by atoms with E-state index in [4.69, 9.17) is 10.5 Å². The minimum Gasteiger partial charge on any atom is -0.391 e. The first-order valence-corrected chi connectivity index (χ1v) is 6.46. The lowest BCUT2D eigenvalue weighted by Gasteiger charge is -2.22. The van der Waals surface area contributed by atoms with Crippen LogP contribution in [0, 0.1) is 0 Å². The Morgan fingerprint density at radius 3 is 3.00 bits per heavy atom. The van der Waals surface area contributed by atoms with Crippen molar-refractivity contribution in [1.29, 1.82) is 0 Å². The maximum atomic E-state index is 11.2. The molecule has 18 heavy (non-hydrogen) atoms. The lowest BCUT2D eigenvalue weighted by molar-refractivity contribution is 0.0347. The van der Waals surface area contributed by atoms with Crippen LogP contribution < -0.4 is 16.6 Å². The van der Waals surface area contributed by atoms with Crippen LogP contribution in [0.4, 0.5) is 11.5 Å². The molecule has 1 saturated carbocycles. The number of H-pyrrole nitrogens is 1. The Morgan fingerprint density at radius 2 is 2.22 bits per heavy atom. The summed E-state index contributed by atoms with van der Waals surface area (Å²) in [4.78, 5) is 17.6. The summed E-state index contributed by atoms with van der Waals surface area (Å²) in [5, 5.41) is 3.01. The van der Waals surface area contributed by atoms with Crippen molar-refractivity contribution >= 4 is 11.5 Å². The van der Waals surface area contributed by atoms with Gasteiger partial charge in [0.1, 0.15) is 5.69 Å². The fourth-order valence-electron chi connectivity index (χ4n) is 2.18. The summed E-state index contributed by atoms with van der Waals surface area (Å²) in [5.74, 6) is 0.422. The number of ether oxygens (including phenoxy) is 1. The van der Waals surface area contributed by atoms with Gasteiger partial charge in [0.2, 0.25) is 0 Å². The lowest BCUT2D eigenvalue weighted by atomic mass is 9.98. The molecule has 0 unspecified atom stereocenters. The number of nitrogens with two attached hydrogens (primary N) is 1. The van der Waals surface area contributed by atoms with Crippen LogP contribution in [0.1, 0.15) is 32.1 Å². The first-order chi connectivity index (χ1) is 8.77. The van der Waals surface area contributed by atoms with E-state index >= 15 is 0 Å². The van der Waals surface area contributed by atoms with Gasteiger partial charge in [0.15, 0.2) is 5.82 Å². The van der Waals surface area contributed by atoms with Gasteiger partial charge in [0, 0.05) is 6.54 Å². The molecule has 2 rings (SSSR count). The van der Waals surface area contributed by atoms with Crippen molar-refractivity contribution in [2.24, 2.45) is 0 Å². The molecule has 1 heterocycles. The zero-order valence-corrected chi connectivity index (χ0v) is 10.4. The predicted octanol–water partition coefficient (Wildman–Crippen LogP) is 1.11. The van der Waals surface area contributed by atoms with Crippen molar-refractivity contribution in [1.82, 2.24) is 9.97 Å². The molecule has 100 valence electrons. The minimum absolute atomic E-state index is 0.121. The maximum Gasteiger partial charge on any atom is 0.276 e. The predicted molar refractivity (Wildman–Crippen MR) is 70.6 cm³/mol. The Morgan fingerprint density at radius 1 is 1.44 bits per heavy atom. The van der Waals surface area contributed by atoms with Crippen molar-refractivity contribution in [3.05, 3.63) is 16.7 Å². The third-order valence-electron chi connectivity index (χ3n) is 3.19. The monoisotopic (exact) mass is 252 g/mol. The van der Waals surface area contributed by atoms with E-state index in [1.54, 1.807) is 0 Å². The third-order valence-corrected chi connectivity index (χ3v) is 3.19. The Kier molecular flexibility index (Phi) is 4.58. The second kappa shape index (κ2) is 6.39. The Hall–Kier alpha value is -1.56. The lowest BCUT2D eigenvalue weighted by Crippen LogP contribution is -2.22. The number of hydrogen-bond donors (Lipinski definition) is 3. The van der Waals surface area contributed by atoms with E-state index < -0.39 is 0 Å². The van der Waals surface area contributed by atoms with Gasteiger partial charge in [-0.05, 0) is 12.8 Å². The Labute approximate surface area is 106 Å². The molecule has 4 N–H and O–H groups in total. The number of nitrogen functional groups attached to an aromatic ring is 1. The quantitative estimate of drug-likeness (QED) is 0.683. The van der Waals surface area contributed by atoms with Crippen LogP contribution in [0.25, 0.3) is 0 Å². The van der Waals surface area contributed by atoms with Gasteiger partial charge in [-0.15, -0.1) is 0 Å². The summed E-state index contributed by atoms with van der Waals surface area (Å²) < 4.78 is 5.76. The van der Waals surface area contributed by atoms with Gasteiger partial charge < -0.3 is 20.8 Å². The molecule has 0 saturated heterocycles. The van der Waals surface area contributed by atoms with Crippen molar-refractivity contribution in [3.63, 3.8) is 0 Å². The zero-order valence-electron chi connectivity index (χ0n) is 10.4. The van der Waals surface area contributed by atoms with Crippen LogP contribution in [0.2, 0.25) is 0 Å². The Balaban J connectivity index is 1.71. The van der Waals surface area contributed by atoms with E-state index in [0.717, 1.165) is 12.8 Å². The highest BCUT2D eigenvalue weighted by atomic mass is 16.5. The molecule has 0 atom stereocenters. The van der Waals surface area contributed by atoms with E-state index in [-0.39, 0.29) is 11.2 Å². The van der Waals surface area contributed by atoms with Crippen molar-refractivity contribution in [3.8, 4) is 0 Å². The van der Waals surface area contributed by atoms with E-state index in [1.165, 1.54) is 25.6 Å². The molecule has 1 aromatic rings. The van der Waals surface area contributed by atoms with Crippen molar-refractivity contribution < 1.29 is 4.74 Å². The molecule has 0 radical (unpaired) electrons. The number of rotatable bonds is 5. The van der Waals surface area contributed by atoms with Gasteiger partial charge in [-0.1, -0.05) is 19.3 Å². The van der Waals surface area contributed by atoms with Gasteiger partial charge in [0.25, 0.3) is 5.56 Å². The molecule has 0 aromatic carbocycles. The van der Waals surface area contributed by atoms with Gasteiger partial charge >= 0.3 is 0 Å². The zero-order chi connectivity index (χ0) is 12.8. The number of anilines is 2. The van der Waals surface area contributed by atoms with E-state index in [1.807, 2.05) is 0 Å². The van der Waals surface area contributed by atoms with Crippen molar-refractivity contribution in [2.45, 2.75) is 38.2 Å². The average Bonchev–Trinajstić information content (AvgIpc) is 2.40. The number of aromatic amines is 1. The number of hydrogen-bond acceptors (Lipinski definition) is 5. The van der Waals surface area contributed by atoms with Crippen LogP contribution in [-0.2, 0) is 4.74 Å². The second-order valence-corrected chi connectivity index (χ2v) is 4.55. The maximum absolute atomic E-state index is 11.2. The minimum atomic E-state index is -0.319. The number of nitrogens with zero attached hydrogens (tertiary/aromatic N) is 1. The Bertz CT molecular complexity index is 426. The molecule has 0 aliphatic heterocycles. The first kappa shape index (κ1) is 12.9. The smallest absolute Gasteiger partial charge is 0.276 e. The van der Waals surface area contributed by atoms with E-state index in [2.05, 4.69) is 15.3 Å². The molecular formula is C12H20N4O2. The van der Waals surface area contributed by atoms with Crippen LogP contribution in [0.15, 0.2) is 11.1 Å². The number of aromatic nitrogens is 2. The standard InChI is InChI=1S/C12H20N4O2/c13-10-11(15-8-16-12(10)17)14-6-7-18-9-4-2-1-3-5-9/h8-9H,1-7,13H2,(H2,14,15,16,17). The third kappa shape index (κ3) is 3.46. The highest BCUT2D eigenvalue weighted by Crippen LogP contribution is 2.20. The summed E-state index contributed by atoms with van der Waals surface area (Å²) in [5.41, 5.74) is 5.40. The first-order valence-electron chi connectivity index (χ1n) is 6.46. The molecule has 6 nitrogen and oxygen atoms in total. The van der Waals surface area contributed by atoms with Crippen LogP contribution in [0.3, 0.4) is 0 Å². The van der Waals surface area contributed by atoms with Crippen LogP contribution >= 0.6 is 0 Å². The van der Waals surface area contributed by atoms with Crippen molar-refractivity contribution in [2.75, 3.05) is 24.2 Å². The summed E-state index contributed by atoms with van der Waals surface area (Å²) in [6.45, 7) is 1.22. The van der Waals surface area contributed by atoms with Crippen LogP contribution in [-0.4, -0.2) is 29.2 Å². The fourth-order valence-corrected chi connectivity index (χ4v) is 2.18. The average molecular weight is 252 g/mol. The summed E-state index contributed by atoms with van der Waals surface area (Å²) in [6, 6.07) is 0. The van der Waals surface area contributed by atoms with Gasteiger partial charge in [-0.3, -0.25) is 4.79 Å². The summed E-state index contributed by atoms with van der Waals surface area (Å²) in [7, 11) is 0. The summed E-state index contributed by atoms with van der Waals surface area (Å²) >= 11 is 0. The topological polar surface area (TPSA) is 93.0 Å². The van der Waals surface area contributed by atoms with Gasteiger partial charge in [-0.25, -0.2) is 4.98 Å². The highest BCUT2D eigenvalue weighted by molar-refractivity contribution is 5.58. The molecule has 0 spiro atoms. The van der Waals surface area contributed by atoms with Gasteiger partial charge in [-0.2, -0.15) is 0 Å². The van der Waals surface area contributed by atoms with Crippen LogP contribution in [0.5, 0.6) is 0 Å². The molecular weight excluding hydrogens is 232 g/mol. The largest absolute Gasteiger partial charge is 0.391 e. The van der Waals surface area contributed by atoms with E-state index in [9.17, 15) is 4.79 Å². The molecule has 0 amide bonds. The SMILES string of the molecule is Nc1c(NCCOC2CCCCC2)nc[nH]c1=O.